The van der Waals surface area contributed by atoms with Crippen molar-refractivity contribution in [3.63, 3.8) is 0 Å². The molecule has 0 aromatic carbocycles. The van der Waals surface area contributed by atoms with E-state index in [1.165, 1.54) is 37.4 Å². The summed E-state index contributed by atoms with van der Waals surface area (Å²) in [4.78, 5) is 7.09. The smallest absolute Gasteiger partial charge is 0.107 e. The maximum absolute atomic E-state index is 4.54. The summed E-state index contributed by atoms with van der Waals surface area (Å²) < 4.78 is 0. The molecule has 5 heteroatoms. The molecule has 1 N–H and O–H groups in total. The van der Waals surface area contributed by atoms with Crippen molar-refractivity contribution >= 4 is 23.7 Å². The third-order valence-electron chi connectivity index (χ3n) is 3.54. The molecule has 1 aliphatic heterocycles. The highest BCUT2D eigenvalue weighted by Crippen LogP contribution is 2.22. The average Bonchev–Trinajstić information content (AvgIpc) is 2.74. The molecule has 0 aliphatic carbocycles. The zero-order valence-electron chi connectivity index (χ0n) is 11.3. The summed E-state index contributed by atoms with van der Waals surface area (Å²) in [6.07, 6.45) is 4.04. The highest BCUT2D eigenvalue weighted by atomic mass is 35.5. The SMILES string of the molecule is CNCCC1CCN(Cc2nc(C)cs2)CC1.Cl. The first-order chi connectivity index (χ1) is 8.28. The number of nitrogens with zero attached hydrogens (tertiary/aromatic N) is 2. The Kier molecular flexibility index (Phi) is 7.15. The lowest BCUT2D eigenvalue weighted by Crippen LogP contribution is -2.34. The molecule has 0 saturated carbocycles. The van der Waals surface area contributed by atoms with Crippen molar-refractivity contribution in [2.75, 3.05) is 26.7 Å². The first kappa shape index (κ1) is 15.9. The monoisotopic (exact) mass is 289 g/mol. The fraction of sp³-hybridized carbons (Fsp3) is 0.769. The fourth-order valence-electron chi connectivity index (χ4n) is 2.45. The Morgan fingerprint density at radius 3 is 2.72 bits per heavy atom. The van der Waals surface area contributed by atoms with Gasteiger partial charge < -0.3 is 5.32 Å². The summed E-state index contributed by atoms with van der Waals surface area (Å²) in [5.74, 6) is 0.928. The molecular formula is C13H24ClN3S. The van der Waals surface area contributed by atoms with Gasteiger partial charge in [-0.1, -0.05) is 0 Å². The quantitative estimate of drug-likeness (QED) is 0.903. The molecule has 0 amide bonds. The number of thiazole rings is 1. The molecule has 3 nitrogen and oxygen atoms in total. The van der Waals surface area contributed by atoms with Crippen LogP contribution in [0.3, 0.4) is 0 Å². The zero-order valence-corrected chi connectivity index (χ0v) is 12.9. The zero-order chi connectivity index (χ0) is 12.1. The molecule has 1 aromatic heterocycles. The van der Waals surface area contributed by atoms with E-state index in [-0.39, 0.29) is 12.4 Å². The number of rotatable bonds is 5. The van der Waals surface area contributed by atoms with Crippen molar-refractivity contribution in [2.24, 2.45) is 5.92 Å². The summed E-state index contributed by atoms with van der Waals surface area (Å²) in [6.45, 7) is 6.78. The van der Waals surface area contributed by atoms with Crippen LogP contribution in [-0.4, -0.2) is 36.6 Å². The molecule has 2 rings (SSSR count). The maximum atomic E-state index is 4.54. The number of aromatic nitrogens is 1. The van der Waals surface area contributed by atoms with Gasteiger partial charge in [0.1, 0.15) is 5.01 Å². The predicted octanol–water partition coefficient (Wildman–Crippen LogP) is 2.69. The Balaban J connectivity index is 0.00000162. The third kappa shape index (κ3) is 4.84. The topological polar surface area (TPSA) is 28.2 Å². The summed E-state index contributed by atoms with van der Waals surface area (Å²) in [7, 11) is 2.04. The Morgan fingerprint density at radius 2 is 2.17 bits per heavy atom. The standard InChI is InChI=1S/C13H23N3S.ClH/c1-11-10-17-13(15-11)9-16-7-4-12(5-8-16)3-6-14-2;/h10,12,14H,3-9H2,1-2H3;1H. The first-order valence-corrected chi connectivity index (χ1v) is 7.44. The largest absolute Gasteiger partial charge is 0.320 e. The summed E-state index contributed by atoms with van der Waals surface area (Å²) in [6, 6.07) is 0. The van der Waals surface area contributed by atoms with Crippen LogP contribution in [0.15, 0.2) is 5.38 Å². The van der Waals surface area contributed by atoms with Gasteiger partial charge in [-0.25, -0.2) is 4.98 Å². The number of piperidine rings is 1. The van der Waals surface area contributed by atoms with E-state index >= 15 is 0 Å². The molecule has 104 valence electrons. The van der Waals surface area contributed by atoms with Crippen LogP contribution in [0.25, 0.3) is 0 Å². The number of likely N-dealkylation sites (tertiary alicyclic amines) is 1. The van der Waals surface area contributed by atoms with Crippen LogP contribution in [0.1, 0.15) is 30.0 Å². The molecule has 0 bridgehead atoms. The van der Waals surface area contributed by atoms with Gasteiger partial charge in [-0.05, 0) is 58.8 Å². The van der Waals surface area contributed by atoms with E-state index < -0.39 is 0 Å². The van der Waals surface area contributed by atoms with E-state index in [1.807, 2.05) is 7.05 Å². The highest BCUT2D eigenvalue weighted by molar-refractivity contribution is 7.09. The van der Waals surface area contributed by atoms with Crippen molar-refractivity contribution < 1.29 is 0 Å². The first-order valence-electron chi connectivity index (χ1n) is 6.56. The Bertz CT molecular complexity index is 335. The van der Waals surface area contributed by atoms with Crippen LogP contribution >= 0.6 is 23.7 Å². The van der Waals surface area contributed by atoms with E-state index in [0.717, 1.165) is 24.7 Å². The number of hydrogen-bond acceptors (Lipinski definition) is 4. The molecule has 1 saturated heterocycles. The average molecular weight is 290 g/mol. The van der Waals surface area contributed by atoms with Gasteiger partial charge in [0.05, 0.1) is 6.54 Å². The number of nitrogens with one attached hydrogen (secondary N) is 1. The van der Waals surface area contributed by atoms with Gasteiger partial charge in [-0.3, -0.25) is 4.90 Å². The minimum absolute atomic E-state index is 0. The van der Waals surface area contributed by atoms with Gasteiger partial charge >= 0.3 is 0 Å². The van der Waals surface area contributed by atoms with Crippen LogP contribution in [-0.2, 0) is 6.54 Å². The second kappa shape index (κ2) is 8.10. The van der Waals surface area contributed by atoms with Crippen molar-refractivity contribution in [2.45, 2.75) is 32.7 Å². The summed E-state index contributed by atoms with van der Waals surface area (Å²) in [5, 5.41) is 6.67. The third-order valence-corrected chi connectivity index (χ3v) is 4.49. The minimum Gasteiger partial charge on any atom is -0.320 e. The molecule has 18 heavy (non-hydrogen) atoms. The molecule has 1 aromatic rings. The predicted molar refractivity (Wildman–Crippen MR) is 80.6 cm³/mol. The molecule has 2 heterocycles. The van der Waals surface area contributed by atoms with Crippen LogP contribution in [0.2, 0.25) is 0 Å². The lowest BCUT2D eigenvalue weighted by atomic mass is 9.93. The van der Waals surface area contributed by atoms with Gasteiger partial charge in [-0.15, -0.1) is 23.7 Å². The Morgan fingerprint density at radius 1 is 1.44 bits per heavy atom. The lowest BCUT2D eigenvalue weighted by molar-refractivity contribution is 0.172. The van der Waals surface area contributed by atoms with Crippen LogP contribution < -0.4 is 5.32 Å². The minimum atomic E-state index is 0. The van der Waals surface area contributed by atoms with Crippen LogP contribution in [0.5, 0.6) is 0 Å². The van der Waals surface area contributed by atoms with E-state index in [9.17, 15) is 0 Å². The Labute approximate surface area is 120 Å². The van der Waals surface area contributed by atoms with Crippen molar-refractivity contribution in [3.8, 4) is 0 Å². The van der Waals surface area contributed by atoms with Gasteiger partial charge in [0, 0.05) is 11.1 Å². The van der Waals surface area contributed by atoms with E-state index in [0.29, 0.717) is 0 Å². The molecule has 1 fully saturated rings. The lowest BCUT2D eigenvalue weighted by Gasteiger charge is -2.31. The normalized spacial score (nSPS) is 17.7. The van der Waals surface area contributed by atoms with Gasteiger partial charge in [0.15, 0.2) is 0 Å². The van der Waals surface area contributed by atoms with Crippen molar-refractivity contribution in [1.29, 1.82) is 0 Å². The fourth-order valence-corrected chi connectivity index (χ4v) is 3.26. The molecule has 1 aliphatic rings. The Hall–Kier alpha value is -0.160. The maximum Gasteiger partial charge on any atom is 0.107 e. The highest BCUT2D eigenvalue weighted by Gasteiger charge is 2.19. The molecule has 0 unspecified atom stereocenters. The molecular weight excluding hydrogens is 266 g/mol. The molecule has 0 spiro atoms. The summed E-state index contributed by atoms with van der Waals surface area (Å²) in [5.41, 5.74) is 1.16. The van der Waals surface area contributed by atoms with E-state index in [4.69, 9.17) is 0 Å². The van der Waals surface area contributed by atoms with E-state index in [1.54, 1.807) is 11.3 Å². The molecule has 0 atom stereocenters. The number of halogens is 1. The van der Waals surface area contributed by atoms with Gasteiger partial charge in [0.2, 0.25) is 0 Å². The molecule has 0 radical (unpaired) electrons. The number of aryl methyl sites for hydroxylation is 1. The van der Waals surface area contributed by atoms with Gasteiger partial charge in [-0.2, -0.15) is 0 Å². The second-order valence-corrected chi connectivity index (χ2v) is 5.94. The van der Waals surface area contributed by atoms with Crippen molar-refractivity contribution in [1.82, 2.24) is 15.2 Å². The second-order valence-electron chi connectivity index (χ2n) is 4.99. The van der Waals surface area contributed by atoms with Crippen LogP contribution in [0, 0.1) is 12.8 Å². The summed E-state index contributed by atoms with van der Waals surface area (Å²) >= 11 is 1.80. The van der Waals surface area contributed by atoms with Gasteiger partial charge in [0.25, 0.3) is 0 Å². The van der Waals surface area contributed by atoms with E-state index in [2.05, 4.69) is 27.5 Å². The number of hydrogen-bond donors (Lipinski definition) is 1. The van der Waals surface area contributed by atoms with Crippen molar-refractivity contribution in [3.05, 3.63) is 16.1 Å². The van der Waals surface area contributed by atoms with Crippen LogP contribution in [0.4, 0.5) is 0 Å².